The van der Waals surface area contributed by atoms with Crippen LogP contribution in [0, 0.1) is 11.6 Å². The van der Waals surface area contributed by atoms with E-state index >= 15 is 0 Å². The summed E-state index contributed by atoms with van der Waals surface area (Å²) >= 11 is 0. The number of carbonyl (C=O) groups is 1. The second-order valence-corrected chi connectivity index (χ2v) is 4.19. The highest BCUT2D eigenvalue weighted by Crippen LogP contribution is 2.37. The predicted octanol–water partition coefficient (Wildman–Crippen LogP) is 3.18. The standard InChI is InChI=1S/C14H8F2O5/c15-9-3-7(14(17)18)4-10(16)13(9)21-8-1-2-11-12(5-8)20-6-19-11/h1-5H,6H2,(H,17,18). The van der Waals surface area contributed by atoms with E-state index in [2.05, 4.69) is 0 Å². The minimum Gasteiger partial charge on any atom is -0.478 e. The molecule has 1 aliphatic rings. The zero-order valence-electron chi connectivity index (χ0n) is 10.4. The Hall–Kier alpha value is -2.83. The van der Waals surface area contributed by atoms with Crippen molar-refractivity contribution in [2.24, 2.45) is 0 Å². The highest BCUT2D eigenvalue weighted by molar-refractivity contribution is 5.87. The number of carboxylic acid groups (broad SMARTS) is 1. The van der Waals surface area contributed by atoms with Crippen LogP contribution in [0.15, 0.2) is 30.3 Å². The fraction of sp³-hybridized carbons (Fsp3) is 0.0714. The summed E-state index contributed by atoms with van der Waals surface area (Å²) in [4.78, 5) is 10.7. The lowest BCUT2D eigenvalue weighted by molar-refractivity contribution is 0.0695. The molecule has 1 heterocycles. The van der Waals surface area contributed by atoms with Gasteiger partial charge in [-0.3, -0.25) is 0 Å². The molecule has 0 unspecified atom stereocenters. The van der Waals surface area contributed by atoms with Gasteiger partial charge in [0.2, 0.25) is 6.79 Å². The quantitative estimate of drug-likeness (QED) is 0.941. The summed E-state index contributed by atoms with van der Waals surface area (Å²) < 4.78 is 42.8. The van der Waals surface area contributed by atoms with Crippen molar-refractivity contribution in [3.63, 3.8) is 0 Å². The van der Waals surface area contributed by atoms with Gasteiger partial charge in [0.15, 0.2) is 28.9 Å². The third kappa shape index (κ3) is 2.45. The van der Waals surface area contributed by atoms with E-state index in [0.29, 0.717) is 23.6 Å². The van der Waals surface area contributed by atoms with E-state index in [1.165, 1.54) is 12.1 Å². The van der Waals surface area contributed by atoms with E-state index in [9.17, 15) is 13.6 Å². The number of aromatic carboxylic acids is 1. The highest BCUT2D eigenvalue weighted by atomic mass is 19.1. The van der Waals surface area contributed by atoms with Gasteiger partial charge in [-0.15, -0.1) is 0 Å². The zero-order valence-corrected chi connectivity index (χ0v) is 10.4. The third-order valence-corrected chi connectivity index (χ3v) is 2.81. The van der Waals surface area contributed by atoms with Crippen molar-refractivity contribution in [1.82, 2.24) is 0 Å². The Morgan fingerprint density at radius 1 is 1.10 bits per heavy atom. The SMILES string of the molecule is O=C(O)c1cc(F)c(Oc2ccc3c(c2)OCO3)c(F)c1. The molecule has 5 nitrogen and oxygen atoms in total. The lowest BCUT2D eigenvalue weighted by Gasteiger charge is -2.09. The molecule has 1 N–H and O–H groups in total. The second-order valence-electron chi connectivity index (χ2n) is 4.19. The Morgan fingerprint density at radius 3 is 2.43 bits per heavy atom. The average Bonchev–Trinajstić information content (AvgIpc) is 2.90. The summed E-state index contributed by atoms with van der Waals surface area (Å²) in [5, 5.41) is 8.72. The minimum absolute atomic E-state index is 0.0643. The summed E-state index contributed by atoms with van der Waals surface area (Å²) in [5.74, 6) is -3.28. The van der Waals surface area contributed by atoms with Crippen molar-refractivity contribution in [1.29, 1.82) is 0 Å². The van der Waals surface area contributed by atoms with Crippen molar-refractivity contribution in [3.8, 4) is 23.0 Å². The maximum Gasteiger partial charge on any atom is 0.335 e. The number of rotatable bonds is 3. The first-order chi connectivity index (χ1) is 10.0. The van der Waals surface area contributed by atoms with Gasteiger partial charge in [-0.2, -0.15) is 0 Å². The molecule has 0 spiro atoms. The molecule has 21 heavy (non-hydrogen) atoms. The minimum atomic E-state index is -1.43. The van der Waals surface area contributed by atoms with Crippen molar-refractivity contribution >= 4 is 5.97 Å². The van der Waals surface area contributed by atoms with Crippen LogP contribution in [0.4, 0.5) is 8.78 Å². The summed E-state index contributed by atoms with van der Waals surface area (Å²) in [6.07, 6.45) is 0. The largest absolute Gasteiger partial charge is 0.478 e. The lowest BCUT2D eigenvalue weighted by atomic mass is 10.2. The van der Waals surface area contributed by atoms with Crippen molar-refractivity contribution in [2.45, 2.75) is 0 Å². The van der Waals surface area contributed by atoms with Gasteiger partial charge in [0.1, 0.15) is 5.75 Å². The van der Waals surface area contributed by atoms with Crippen LogP contribution in [0.25, 0.3) is 0 Å². The van der Waals surface area contributed by atoms with Crippen LogP contribution in [-0.2, 0) is 0 Å². The van der Waals surface area contributed by atoms with Crippen molar-refractivity contribution in [3.05, 3.63) is 47.5 Å². The van der Waals surface area contributed by atoms with E-state index in [4.69, 9.17) is 19.3 Å². The highest BCUT2D eigenvalue weighted by Gasteiger charge is 2.19. The van der Waals surface area contributed by atoms with Gasteiger partial charge in [-0.25, -0.2) is 13.6 Å². The number of benzene rings is 2. The summed E-state index contributed by atoms with van der Waals surface area (Å²) in [7, 11) is 0. The first-order valence-corrected chi connectivity index (χ1v) is 5.84. The fourth-order valence-corrected chi connectivity index (χ4v) is 1.84. The van der Waals surface area contributed by atoms with Crippen LogP contribution in [0.2, 0.25) is 0 Å². The van der Waals surface area contributed by atoms with Crippen LogP contribution in [-0.4, -0.2) is 17.9 Å². The molecule has 0 amide bonds. The normalized spacial score (nSPS) is 12.3. The molecule has 0 bridgehead atoms. The lowest BCUT2D eigenvalue weighted by Crippen LogP contribution is -2.01. The molecule has 108 valence electrons. The molecule has 0 saturated heterocycles. The molecule has 2 aromatic rings. The molecule has 0 aliphatic carbocycles. The summed E-state index contributed by atoms with van der Waals surface area (Å²) in [6.45, 7) is 0.0643. The number of ether oxygens (including phenoxy) is 3. The number of fused-ring (bicyclic) bond motifs is 1. The van der Waals surface area contributed by atoms with Gasteiger partial charge in [0.05, 0.1) is 5.56 Å². The maximum atomic E-state index is 13.7. The van der Waals surface area contributed by atoms with E-state index in [1.54, 1.807) is 6.07 Å². The van der Waals surface area contributed by atoms with Gasteiger partial charge in [0.25, 0.3) is 0 Å². The summed E-state index contributed by atoms with van der Waals surface area (Å²) in [5.41, 5.74) is -0.497. The molecular weight excluding hydrogens is 286 g/mol. The number of hydrogen-bond donors (Lipinski definition) is 1. The maximum absolute atomic E-state index is 13.7. The van der Waals surface area contributed by atoms with Gasteiger partial charge in [-0.1, -0.05) is 0 Å². The van der Waals surface area contributed by atoms with Crippen molar-refractivity contribution in [2.75, 3.05) is 6.79 Å². The van der Waals surface area contributed by atoms with E-state index in [-0.39, 0.29) is 12.5 Å². The smallest absolute Gasteiger partial charge is 0.335 e. The number of carboxylic acids is 1. The Kier molecular flexibility index (Phi) is 3.09. The Labute approximate surface area is 117 Å². The topological polar surface area (TPSA) is 65.0 Å². The molecular formula is C14H8F2O5. The number of hydrogen-bond acceptors (Lipinski definition) is 4. The van der Waals surface area contributed by atoms with E-state index in [1.807, 2.05) is 0 Å². The van der Waals surface area contributed by atoms with Crippen molar-refractivity contribution < 1.29 is 32.9 Å². The van der Waals surface area contributed by atoms with Gasteiger partial charge >= 0.3 is 5.97 Å². The van der Waals surface area contributed by atoms with Crippen LogP contribution in [0.1, 0.15) is 10.4 Å². The monoisotopic (exact) mass is 294 g/mol. The molecule has 1 aliphatic heterocycles. The third-order valence-electron chi connectivity index (χ3n) is 2.81. The molecule has 0 saturated carbocycles. The Balaban J connectivity index is 1.93. The molecule has 7 heteroatoms. The molecule has 3 rings (SSSR count). The van der Waals surface area contributed by atoms with Gasteiger partial charge in [0, 0.05) is 6.07 Å². The molecule has 0 atom stereocenters. The predicted molar refractivity (Wildman–Crippen MR) is 66.0 cm³/mol. The molecule has 0 aromatic heterocycles. The second kappa shape index (κ2) is 4.93. The molecule has 0 fully saturated rings. The summed E-state index contributed by atoms with van der Waals surface area (Å²) in [6, 6.07) is 5.80. The first kappa shape index (κ1) is 13.2. The first-order valence-electron chi connectivity index (χ1n) is 5.84. The molecule has 2 aromatic carbocycles. The fourth-order valence-electron chi connectivity index (χ4n) is 1.84. The van der Waals surface area contributed by atoms with Gasteiger partial charge < -0.3 is 19.3 Å². The average molecular weight is 294 g/mol. The Morgan fingerprint density at radius 2 is 1.76 bits per heavy atom. The Bertz CT molecular complexity index is 706. The van der Waals surface area contributed by atoms with Gasteiger partial charge in [-0.05, 0) is 24.3 Å². The molecule has 0 radical (unpaired) electrons. The van der Waals surface area contributed by atoms with Crippen LogP contribution < -0.4 is 14.2 Å². The van der Waals surface area contributed by atoms with Crippen LogP contribution in [0.3, 0.4) is 0 Å². The van der Waals surface area contributed by atoms with Crippen LogP contribution >= 0.6 is 0 Å². The van der Waals surface area contributed by atoms with E-state index in [0.717, 1.165) is 0 Å². The zero-order chi connectivity index (χ0) is 15.0. The number of halogens is 2. The van der Waals surface area contributed by atoms with Crippen LogP contribution in [0.5, 0.6) is 23.0 Å². The van der Waals surface area contributed by atoms with E-state index < -0.39 is 28.9 Å².